The lowest BCUT2D eigenvalue weighted by Gasteiger charge is -2.22. The number of oxazole rings is 1. The zero-order chi connectivity index (χ0) is 20.7. The van der Waals surface area contributed by atoms with E-state index < -0.39 is 11.7 Å². The molecule has 0 aliphatic heterocycles. The minimum atomic E-state index is -0.576. The summed E-state index contributed by atoms with van der Waals surface area (Å²) in [6.07, 6.45) is 2.98. The van der Waals surface area contributed by atoms with Crippen LogP contribution in [0.2, 0.25) is 0 Å². The molecule has 2 aromatic carbocycles. The van der Waals surface area contributed by atoms with Gasteiger partial charge in [0.25, 0.3) is 0 Å². The van der Waals surface area contributed by atoms with Crippen LogP contribution in [0, 0.1) is 0 Å². The normalized spacial score (nSPS) is 12.2. The van der Waals surface area contributed by atoms with Crippen molar-refractivity contribution in [2.24, 2.45) is 0 Å². The zero-order valence-electron chi connectivity index (χ0n) is 16.9. The Bertz CT molecular complexity index is 885. The van der Waals surface area contributed by atoms with Crippen LogP contribution in [0.1, 0.15) is 43.7 Å². The molecular weight excluding hydrogens is 368 g/mol. The second-order valence-corrected chi connectivity index (χ2v) is 7.72. The molecule has 0 spiro atoms. The Kier molecular flexibility index (Phi) is 6.54. The van der Waals surface area contributed by atoms with Crippen molar-refractivity contribution in [1.29, 1.82) is 0 Å². The number of nitrogens with zero attached hydrogens (tertiary/aromatic N) is 1. The van der Waals surface area contributed by atoms with Crippen molar-refractivity contribution in [2.45, 2.75) is 45.4 Å². The smallest absolute Gasteiger partial charge is 0.408 e. The Morgan fingerprint density at radius 1 is 1.07 bits per heavy atom. The SMILES string of the molecule is CC(C)(C)OC(=O)NC(Cc1ccc(OCc2ccccc2)cc1)c1cnco1. The fourth-order valence-corrected chi connectivity index (χ4v) is 2.77. The molecule has 0 fully saturated rings. The fraction of sp³-hybridized carbons (Fsp3) is 0.304. The van der Waals surface area contributed by atoms with Crippen molar-refractivity contribution in [3.05, 3.63) is 84.1 Å². The molecule has 0 saturated heterocycles. The van der Waals surface area contributed by atoms with Crippen LogP contribution < -0.4 is 10.1 Å². The predicted molar refractivity (Wildman–Crippen MR) is 110 cm³/mol. The first-order chi connectivity index (χ1) is 13.9. The van der Waals surface area contributed by atoms with Gasteiger partial charge < -0.3 is 19.2 Å². The zero-order valence-corrected chi connectivity index (χ0v) is 16.9. The second-order valence-electron chi connectivity index (χ2n) is 7.72. The van der Waals surface area contributed by atoms with E-state index in [2.05, 4.69) is 10.3 Å². The monoisotopic (exact) mass is 394 g/mol. The maximum Gasteiger partial charge on any atom is 0.408 e. The molecule has 0 aliphatic carbocycles. The van der Waals surface area contributed by atoms with Crippen LogP contribution in [-0.2, 0) is 17.8 Å². The topological polar surface area (TPSA) is 73.6 Å². The molecule has 1 amide bonds. The Morgan fingerprint density at radius 3 is 2.41 bits per heavy atom. The number of rotatable bonds is 7. The van der Waals surface area contributed by atoms with Gasteiger partial charge in [-0.05, 0) is 44.0 Å². The molecule has 1 heterocycles. The summed E-state index contributed by atoms with van der Waals surface area (Å²) in [6.45, 7) is 5.99. The lowest BCUT2D eigenvalue weighted by Crippen LogP contribution is -2.35. The van der Waals surface area contributed by atoms with Crippen LogP contribution in [-0.4, -0.2) is 16.7 Å². The number of nitrogens with one attached hydrogen (secondary N) is 1. The second kappa shape index (κ2) is 9.28. The lowest BCUT2D eigenvalue weighted by atomic mass is 10.0. The lowest BCUT2D eigenvalue weighted by molar-refractivity contribution is 0.0497. The van der Waals surface area contributed by atoms with Crippen LogP contribution in [0.25, 0.3) is 0 Å². The van der Waals surface area contributed by atoms with E-state index in [9.17, 15) is 4.79 Å². The Hall–Kier alpha value is -3.28. The summed E-state index contributed by atoms with van der Waals surface area (Å²) in [4.78, 5) is 16.2. The molecule has 1 atom stereocenters. The molecular formula is C23H26N2O4. The van der Waals surface area contributed by atoms with Gasteiger partial charge in [-0.25, -0.2) is 9.78 Å². The van der Waals surface area contributed by atoms with E-state index in [0.29, 0.717) is 18.8 Å². The minimum Gasteiger partial charge on any atom is -0.489 e. The van der Waals surface area contributed by atoms with E-state index in [-0.39, 0.29) is 6.04 Å². The molecule has 29 heavy (non-hydrogen) atoms. The van der Waals surface area contributed by atoms with Gasteiger partial charge in [0.15, 0.2) is 6.39 Å². The maximum atomic E-state index is 12.2. The summed E-state index contributed by atoms with van der Waals surface area (Å²) >= 11 is 0. The number of ether oxygens (including phenoxy) is 2. The highest BCUT2D eigenvalue weighted by atomic mass is 16.6. The first kappa shape index (κ1) is 20.5. The number of amides is 1. The van der Waals surface area contributed by atoms with Gasteiger partial charge in [0.2, 0.25) is 0 Å². The summed E-state index contributed by atoms with van der Waals surface area (Å²) in [5.41, 5.74) is 1.56. The highest BCUT2D eigenvalue weighted by Crippen LogP contribution is 2.21. The van der Waals surface area contributed by atoms with Gasteiger partial charge in [-0.2, -0.15) is 0 Å². The molecule has 0 aliphatic rings. The average Bonchev–Trinajstić information content (AvgIpc) is 3.21. The van der Waals surface area contributed by atoms with Gasteiger partial charge in [-0.3, -0.25) is 0 Å². The largest absolute Gasteiger partial charge is 0.489 e. The van der Waals surface area contributed by atoms with E-state index in [1.54, 1.807) is 6.20 Å². The fourth-order valence-electron chi connectivity index (χ4n) is 2.77. The Balaban J connectivity index is 1.62. The molecule has 1 unspecified atom stereocenters. The molecule has 1 aromatic heterocycles. The summed E-state index contributed by atoms with van der Waals surface area (Å²) in [5, 5.41) is 2.86. The average molecular weight is 394 g/mol. The van der Waals surface area contributed by atoms with Crippen molar-refractivity contribution in [2.75, 3.05) is 0 Å². The summed E-state index contributed by atoms with van der Waals surface area (Å²) in [6, 6.07) is 17.4. The van der Waals surface area contributed by atoms with Gasteiger partial charge in [0, 0.05) is 6.42 Å². The predicted octanol–water partition coefficient (Wildman–Crippen LogP) is 5.06. The van der Waals surface area contributed by atoms with Gasteiger partial charge in [0.1, 0.15) is 23.7 Å². The van der Waals surface area contributed by atoms with Crippen molar-refractivity contribution in [3.63, 3.8) is 0 Å². The van der Waals surface area contributed by atoms with Gasteiger partial charge in [0.05, 0.1) is 12.2 Å². The summed E-state index contributed by atoms with van der Waals surface area (Å²) in [5.74, 6) is 1.36. The number of benzene rings is 2. The number of carbonyl (C=O) groups excluding carboxylic acids is 1. The minimum absolute atomic E-state index is 0.386. The third-order valence-corrected chi connectivity index (χ3v) is 4.10. The number of hydrogen-bond donors (Lipinski definition) is 1. The first-order valence-electron chi connectivity index (χ1n) is 9.52. The molecule has 3 rings (SSSR count). The number of aromatic nitrogens is 1. The van der Waals surface area contributed by atoms with E-state index in [1.807, 2.05) is 75.4 Å². The molecule has 1 N–H and O–H groups in total. The van der Waals surface area contributed by atoms with Crippen LogP contribution in [0.4, 0.5) is 4.79 Å². The molecule has 6 nitrogen and oxygen atoms in total. The number of alkyl carbamates (subject to hydrolysis) is 1. The Labute approximate surface area is 170 Å². The van der Waals surface area contributed by atoms with Crippen molar-refractivity contribution < 1.29 is 18.7 Å². The van der Waals surface area contributed by atoms with E-state index in [1.165, 1.54) is 6.39 Å². The highest BCUT2D eigenvalue weighted by Gasteiger charge is 2.22. The molecule has 3 aromatic rings. The van der Waals surface area contributed by atoms with Gasteiger partial charge in [-0.1, -0.05) is 42.5 Å². The molecule has 6 heteroatoms. The molecule has 0 radical (unpaired) electrons. The number of hydrogen-bond acceptors (Lipinski definition) is 5. The quantitative estimate of drug-likeness (QED) is 0.606. The standard InChI is InChI=1S/C23H26N2O4/c1-23(2,3)29-22(26)25-20(21-14-24-16-28-21)13-17-9-11-19(12-10-17)27-15-18-7-5-4-6-8-18/h4-12,14,16,20H,13,15H2,1-3H3,(H,25,26). The summed E-state index contributed by atoms with van der Waals surface area (Å²) < 4.78 is 16.6. The maximum absolute atomic E-state index is 12.2. The third kappa shape index (κ3) is 6.68. The number of carbonyl (C=O) groups is 1. The van der Waals surface area contributed by atoms with Crippen molar-refractivity contribution in [3.8, 4) is 5.75 Å². The van der Waals surface area contributed by atoms with Gasteiger partial charge >= 0.3 is 6.09 Å². The first-order valence-corrected chi connectivity index (χ1v) is 9.52. The highest BCUT2D eigenvalue weighted by molar-refractivity contribution is 5.68. The van der Waals surface area contributed by atoms with Crippen LogP contribution >= 0.6 is 0 Å². The third-order valence-electron chi connectivity index (χ3n) is 4.10. The van der Waals surface area contributed by atoms with Crippen LogP contribution in [0.3, 0.4) is 0 Å². The van der Waals surface area contributed by atoms with E-state index in [4.69, 9.17) is 13.9 Å². The van der Waals surface area contributed by atoms with Crippen LogP contribution in [0.15, 0.2) is 71.6 Å². The van der Waals surface area contributed by atoms with E-state index in [0.717, 1.165) is 16.9 Å². The van der Waals surface area contributed by atoms with Crippen molar-refractivity contribution in [1.82, 2.24) is 10.3 Å². The molecule has 0 saturated carbocycles. The summed E-state index contributed by atoms with van der Waals surface area (Å²) in [7, 11) is 0. The van der Waals surface area contributed by atoms with Crippen LogP contribution in [0.5, 0.6) is 5.75 Å². The molecule has 0 bridgehead atoms. The van der Waals surface area contributed by atoms with Crippen molar-refractivity contribution >= 4 is 6.09 Å². The molecule has 152 valence electrons. The Morgan fingerprint density at radius 2 is 1.79 bits per heavy atom. The van der Waals surface area contributed by atoms with Gasteiger partial charge in [-0.15, -0.1) is 0 Å². The van der Waals surface area contributed by atoms with E-state index >= 15 is 0 Å².